The van der Waals surface area contributed by atoms with Crippen molar-refractivity contribution in [2.75, 3.05) is 24.2 Å². The number of Topliss-reactive ketones (excluding diaryl/α,β-unsaturated/α-hetero) is 1. The van der Waals surface area contributed by atoms with Crippen LogP contribution in [0.3, 0.4) is 0 Å². The van der Waals surface area contributed by atoms with Gasteiger partial charge in [-0.15, -0.1) is 0 Å². The average molecular weight is 424 g/mol. The van der Waals surface area contributed by atoms with Crippen molar-refractivity contribution >= 4 is 21.5 Å². The smallest absolute Gasteiger partial charge is 0.229 e. The number of rotatable bonds is 3. The molecule has 0 spiro atoms. The molecule has 0 aliphatic carbocycles. The molecule has 0 radical (unpaired) electrons. The van der Waals surface area contributed by atoms with Gasteiger partial charge < -0.3 is 14.0 Å². The third-order valence-electron chi connectivity index (χ3n) is 5.36. The van der Waals surface area contributed by atoms with Gasteiger partial charge in [0.1, 0.15) is 13.2 Å². The quantitative estimate of drug-likeness (QED) is 0.697. The lowest BCUT2D eigenvalue weighted by Gasteiger charge is -2.21. The minimum Gasteiger partial charge on any atom is -0.486 e. The predicted octanol–water partition coefficient (Wildman–Crippen LogP) is 3.34. The lowest BCUT2D eigenvalue weighted by atomic mass is 9.90. The monoisotopic (exact) mass is 424 g/mol. The summed E-state index contributed by atoms with van der Waals surface area (Å²) in [6.45, 7) is 0.944. The number of ketones is 1. The first-order chi connectivity index (χ1) is 14.4. The molecule has 0 bridgehead atoms. The normalized spacial score (nSPS) is 17.6. The molecule has 0 amide bonds. The first-order valence-electron chi connectivity index (χ1n) is 9.61. The number of nitrogens with zero attached hydrogens (tertiary/aromatic N) is 1. The number of hydrogen-bond donors (Lipinski definition) is 1. The molecule has 0 saturated heterocycles. The Hall–Kier alpha value is -3.26. The van der Waals surface area contributed by atoms with Gasteiger partial charge >= 0.3 is 0 Å². The topological polar surface area (TPSA) is 86.6 Å². The van der Waals surface area contributed by atoms with E-state index < -0.39 is 10.0 Å². The van der Waals surface area contributed by atoms with Gasteiger partial charge in [-0.2, -0.15) is 0 Å². The fourth-order valence-corrected chi connectivity index (χ4v) is 4.65. The zero-order valence-electron chi connectivity index (χ0n) is 16.3. The summed E-state index contributed by atoms with van der Waals surface area (Å²) in [5.41, 5.74) is 3.80. The van der Waals surface area contributed by atoms with E-state index in [-0.39, 0.29) is 11.7 Å². The molecule has 1 aromatic heterocycles. The Morgan fingerprint density at radius 3 is 2.43 bits per heavy atom. The van der Waals surface area contributed by atoms with Gasteiger partial charge in [-0.25, -0.2) is 8.42 Å². The molecule has 2 aliphatic rings. The van der Waals surface area contributed by atoms with Gasteiger partial charge in [0.05, 0.1) is 11.9 Å². The minimum absolute atomic E-state index is 0.0222. The Kier molecular flexibility index (Phi) is 4.32. The summed E-state index contributed by atoms with van der Waals surface area (Å²) in [6, 6.07) is 14.8. The Balaban J connectivity index is 1.57. The van der Waals surface area contributed by atoms with E-state index in [9.17, 15) is 13.2 Å². The largest absolute Gasteiger partial charge is 0.486 e. The molecule has 8 heteroatoms. The number of anilines is 1. The van der Waals surface area contributed by atoms with Crippen LogP contribution in [0.5, 0.6) is 11.5 Å². The van der Waals surface area contributed by atoms with Crippen LogP contribution in [0.25, 0.3) is 5.69 Å². The number of carbonyl (C=O) groups excluding carboxylic acids is 1. The molecule has 3 heterocycles. The molecule has 0 saturated carbocycles. The minimum atomic E-state index is -3.35. The van der Waals surface area contributed by atoms with Gasteiger partial charge in [0.25, 0.3) is 0 Å². The van der Waals surface area contributed by atoms with Crippen LogP contribution in [0.2, 0.25) is 0 Å². The summed E-state index contributed by atoms with van der Waals surface area (Å²) in [6.07, 6.45) is 3.35. The zero-order valence-corrected chi connectivity index (χ0v) is 17.1. The summed E-state index contributed by atoms with van der Waals surface area (Å²) in [5, 5.41) is 0. The molecule has 3 aromatic rings. The first kappa shape index (κ1) is 18.7. The molecule has 0 unspecified atom stereocenters. The number of nitrogens with one attached hydrogen (secondary N) is 1. The number of benzene rings is 2. The maximum atomic E-state index is 13.2. The Labute approximate surface area is 174 Å². The zero-order chi connectivity index (χ0) is 20.9. The summed E-state index contributed by atoms with van der Waals surface area (Å²) in [7, 11) is -3.35. The maximum absolute atomic E-state index is 13.2. The average Bonchev–Trinajstić information content (AvgIpc) is 3.16. The lowest BCUT2D eigenvalue weighted by Crippen LogP contribution is -2.16. The fraction of sp³-hybridized carbons (Fsp3) is 0.227. The number of aromatic nitrogens is 1. The van der Waals surface area contributed by atoms with Crippen molar-refractivity contribution in [3.05, 3.63) is 71.5 Å². The second-order valence-electron chi connectivity index (χ2n) is 7.49. The highest BCUT2D eigenvalue weighted by molar-refractivity contribution is 7.92. The Morgan fingerprint density at radius 1 is 1.03 bits per heavy atom. The van der Waals surface area contributed by atoms with Crippen molar-refractivity contribution in [1.29, 1.82) is 0 Å². The Bertz CT molecular complexity index is 1250. The number of hydrogen-bond acceptors (Lipinski definition) is 5. The van der Waals surface area contributed by atoms with Crippen molar-refractivity contribution in [1.82, 2.24) is 4.57 Å². The summed E-state index contributed by atoms with van der Waals surface area (Å²) in [4.78, 5) is 13.2. The van der Waals surface area contributed by atoms with Crippen molar-refractivity contribution in [3.8, 4) is 17.2 Å². The summed E-state index contributed by atoms with van der Waals surface area (Å²) >= 11 is 0. The summed E-state index contributed by atoms with van der Waals surface area (Å²) in [5.74, 6) is 1.10. The predicted molar refractivity (Wildman–Crippen MR) is 112 cm³/mol. The van der Waals surface area contributed by atoms with Crippen molar-refractivity contribution in [3.63, 3.8) is 0 Å². The summed E-state index contributed by atoms with van der Waals surface area (Å²) < 4.78 is 38.8. The van der Waals surface area contributed by atoms with E-state index in [0.29, 0.717) is 42.4 Å². The SMILES string of the molecule is CS(=O)(=O)Nc1ccc([C@H]2CC(=O)c3cc4c(cc3-n3cccc32)OCCO4)cc1. The molecule has 2 aromatic carbocycles. The van der Waals surface area contributed by atoms with E-state index >= 15 is 0 Å². The van der Waals surface area contributed by atoms with Crippen LogP contribution in [0.15, 0.2) is 54.7 Å². The van der Waals surface area contributed by atoms with Gasteiger partial charge in [-0.05, 0) is 35.9 Å². The molecular formula is C22H20N2O5S. The molecule has 5 rings (SSSR count). The fourth-order valence-electron chi connectivity index (χ4n) is 4.08. The van der Waals surface area contributed by atoms with E-state index in [4.69, 9.17) is 9.47 Å². The number of sulfonamides is 1. The molecule has 7 nitrogen and oxygen atoms in total. The van der Waals surface area contributed by atoms with Gasteiger partial charge in [-0.1, -0.05) is 12.1 Å². The van der Waals surface area contributed by atoms with E-state index in [1.165, 1.54) is 0 Å². The van der Waals surface area contributed by atoms with Crippen LogP contribution in [0.4, 0.5) is 5.69 Å². The molecule has 2 aliphatic heterocycles. The first-order valence-corrected chi connectivity index (χ1v) is 11.5. The van der Waals surface area contributed by atoms with E-state index in [2.05, 4.69) is 4.72 Å². The second kappa shape index (κ2) is 6.91. The second-order valence-corrected chi connectivity index (χ2v) is 9.24. The van der Waals surface area contributed by atoms with Gasteiger partial charge in [-0.3, -0.25) is 9.52 Å². The molecule has 154 valence electrons. The van der Waals surface area contributed by atoms with Crippen LogP contribution in [0, 0.1) is 0 Å². The highest BCUT2D eigenvalue weighted by atomic mass is 32.2. The standard InChI is InChI=1S/C22H20N2O5S/c1-30(26,27)23-15-6-4-14(5-7-15)16-11-20(25)17-12-21-22(29-10-9-28-21)13-19(17)24-8-2-3-18(16)24/h2-8,12-13,16,23H,9-11H2,1H3/t16-/m1/s1. The highest BCUT2D eigenvalue weighted by Gasteiger charge is 2.30. The Morgan fingerprint density at radius 2 is 1.73 bits per heavy atom. The van der Waals surface area contributed by atoms with Crippen molar-refractivity contribution in [2.24, 2.45) is 0 Å². The van der Waals surface area contributed by atoms with E-state index in [1.54, 1.807) is 18.2 Å². The van der Waals surface area contributed by atoms with Crippen molar-refractivity contribution < 1.29 is 22.7 Å². The van der Waals surface area contributed by atoms with Crippen LogP contribution in [-0.2, 0) is 10.0 Å². The van der Waals surface area contributed by atoms with Crippen molar-refractivity contribution in [2.45, 2.75) is 12.3 Å². The van der Waals surface area contributed by atoms with Gasteiger partial charge in [0.2, 0.25) is 10.0 Å². The third kappa shape index (κ3) is 3.33. The van der Waals surface area contributed by atoms with Crippen LogP contribution >= 0.6 is 0 Å². The molecule has 1 N–H and O–H groups in total. The van der Waals surface area contributed by atoms with Crippen LogP contribution < -0.4 is 14.2 Å². The van der Waals surface area contributed by atoms with Gasteiger partial charge in [0.15, 0.2) is 17.3 Å². The molecule has 30 heavy (non-hydrogen) atoms. The number of fused-ring (bicyclic) bond motifs is 4. The molecule has 1 atom stereocenters. The number of ether oxygens (including phenoxy) is 2. The van der Waals surface area contributed by atoms with Crippen LogP contribution in [-0.4, -0.2) is 38.2 Å². The maximum Gasteiger partial charge on any atom is 0.229 e. The van der Waals surface area contributed by atoms with Crippen LogP contribution in [0.1, 0.15) is 34.0 Å². The molecule has 0 fully saturated rings. The van der Waals surface area contributed by atoms with E-state index in [1.807, 2.05) is 41.1 Å². The lowest BCUT2D eigenvalue weighted by molar-refractivity contribution is 0.0978. The third-order valence-corrected chi connectivity index (χ3v) is 5.97. The van der Waals surface area contributed by atoms with Gasteiger partial charge in [0, 0.05) is 41.5 Å². The van der Waals surface area contributed by atoms with E-state index in [0.717, 1.165) is 23.2 Å². The number of carbonyl (C=O) groups is 1. The molecular weight excluding hydrogens is 404 g/mol. The highest BCUT2D eigenvalue weighted by Crippen LogP contribution is 2.41.